The molecule has 100 valence electrons. The number of rotatable bonds is 4. The van der Waals surface area contributed by atoms with Crippen molar-refractivity contribution in [2.45, 2.75) is 6.42 Å². The van der Waals surface area contributed by atoms with Crippen LogP contribution in [0, 0.1) is 0 Å². The van der Waals surface area contributed by atoms with Crippen molar-refractivity contribution in [1.29, 1.82) is 0 Å². The Balaban J connectivity index is 1.93. The summed E-state index contributed by atoms with van der Waals surface area (Å²) in [5.74, 6) is 0.771. The van der Waals surface area contributed by atoms with Crippen LogP contribution in [-0.2, 0) is 6.42 Å². The van der Waals surface area contributed by atoms with E-state index in [1.54, 1.807) is 17.8 Å². The summed E-state index contributed by atoms with van der Waals surface area (Å²) in [4.78, 5) is 12.4. The van der Waals surface area contributed by atoms with Crippen LogP contribution in [-0.4, -0.2) is 22.5 Å². The molecular weight excluding hydrogens is 252 g/mol. The van der Waals surface area contributed by atoms with Crippen LogP contribution < -0.4 is 4.74 Å². The first-order chi connectivity index (χ1) is 9.79. The number of para-hydroxylation sites is 1. The molecule has 2 heterocycles. The highest BCUT2D eigenvalue weighted by Crippen LogP contribution is 2.20. The lowest BCUT2D eigenvalue weighted by atomic mass is 10.0. The van der Waals surface area contributed by atoms with Crippen LogP contribution in [0.5, 0.6) is 5.75 Å². The number of ether oxygens (including phenoxy) is 1. The van der Waals surface area contributed by atoms with E-state index < -0.39 is 0 Å². The monoisotopic (exact) mass is 266 g/mol. The van der Waals surface area contributed by atoms with Gasteiger partial charge >= 0.3 is 0 Å². The Hall–Kier alpha value is -2.62. The Kier molecular flexibility index (Phi) is 3.21. The summed E-state index contributed by atoms with van der Waals surface area (Å²) in [5.41, 5.74) is 2.35. The molecule has 0 spiro atoms. The van der Waals surface area contributed by atoms with Crippen molar-refractivity contribution in [2.75, 3.05) is 7.11 Å². The van der Waals surface area contributed by atoms with Crippen molar-refractivity contribution < 1.29 is 9.53 Å². The molecule has 3 rings (SSSR count). The minimum Gasteiger partial charge on any atom is -0.496 e. The maximum atomic E-state index is 12.4. The molecule has 0 unspecified atom stereocenters. The summed E-state index contributed by atoms with van der Waals surface area (Å²) in [7, 11) is 1.61. The number of ketones is 1. The van der Waals surface area contributed by atoms with E-state index in [0.29, 0.717) is 12.0 Å². The van der Waals surface area contributed by atoms with Gasteiger partial charge in [-0.1, -0.05) is 24.3 Å². The second-order valence-corrected chi connectivity index (χ2v) is 4.50. The first kappa shape index (κ1) is 12.4. The number of hydrogen-bond acceptors (Lipinski definition) is 3. The molecule has 0 saturated carbocycles. The summed E-state index contributed by atoms with van der Waals surface area (Å²) in [6.45, 7) is 0. The van der Waals surface area contributed by atoms with Gasteiger partial charge in [0.2, 0.25) is 0 Å². The largest absolute Gasteiger partial charge is 0.496 e. The summed E-state index contributed by atoms with van der Waals surface area (Å²) in [6.07, 6.45) is 3.75. The van der Waals surface area contributed by atoms with Gasteiger partial charge in [0.1, 0.15) is 5.75 Å². The van der Waals surface area contributed by atoms with Crippen LogP contribution in [0.15, 0.2) is 54.9 Å². The van der Waals surface area contributed by atoms with Gasteiger partial charge in [-0.2, -0.15) is 5.10 Å². The molecule has 0 aliphatic heterocycles. The fourth-order valence-electron chi connectivity index (χ4n) is 2.27. The number of aromatic nitrogens is 2. The third-order valence-electron chi connectivity index (χ3n) is 3.27. The van der Waals surface area contributed by atoms with Gasteiger partial charge in [0, 0.05) is 18.2 Å². The lowest BCUT2D eigenvalue weighted by molar-refractivity contribution is 0.0993. The molecule has 0 aliphatic carbocycles. The Morgan fingerprint density at radius 1 is 1.20 bits per heavy atom. The van der Waals surface area contributed by atoms with Crippen molar-refractivity contribution in [2.24, 2.45) is 0 Å². The highest BCUT2D eigenvalue weighted by molar-refractivity contribution is 6.03. The molecule has 0 fully saturated rings. The fraction of sp³-hybridized carbons (Fsp3) is 0.125. The van der Waals surface area contributed by atoms with Crippen molar-refractivity contribution >= 4 is 11.3 Å². The molecule has 0 radical (unpaired) electrons. The van der Waals surface area contributed by atoms with Crippen LogP contribution in [0.1, 0.15) is 15.9 Å². The van der Waals surface area contributed by atoms with Gasteiger partial charge in [-0.25, -0.2) is 4.52 Å². The Morgan fingerprint density at radius 3 is 2.85 bits per heavy atom. The Bertz CT molecular complexity index is 762. The number of carbonyl (C=O) groups excluding carboxylic acids is 1. The van der Waals surface area contributed by atoms with E-state index in [0.717, 1.165) is 16.8 Å². The zero-order valence-electron chi connectivity index (χ0n) is 11.1. The quantitative estimate of drug-likeness (QED) is 0.682. The molecule has 2 aromatic heterocycles. The van der Waals surface area contributed by atoms with Gasteiger partial charge in [0.25, 0.3) is 0 Å². The Labute approximate surface area is 116 Å². The SMILES string of the molecule is COc1ccccc1CC(=O)c1cnn2ccccc12. The molecule has 0 atom stereocenters. The highest BCUT2D eigenvalue weighted by Gasteiger charge is 2.14. The van der Waals surface area contributed by atoms with E-state index >= 15 is 0 Å². The number of benzene rings is 1. The van der Waals surface area contributed by atoms with Crippen molar-refractivity contribution in [1.82, 2.24) is 9.61 Å². The normalized spacial score (nSPS) is 10.7. The van der Waals surface area contributed by atoms with Crippen LogP contribution in [0.2, 0.25) is 0 Å². The molecule has 4 nitrogen and oxygen atoms in total. The number of pyridine rings is 1. The molecule has 0 bridgehead atoms. The summed E-state index contributed by atoms with van der Waals surface area (Å²) in [5, 5.41) is 4.19. The first-order valence-corrected chi connectivity index (χ1v) is 6.37. The topological polar surface area (TPSA) is 43.6 Å². The molecular formula is C16H14N2O2. The smallest absolute Gasteiger partial charge is 0.171 e. The van der Waals surface area contributed by atoms with Crippen LogP contribution in [0.25, 0.3) is 5.52 Å². The predicted octanol–water partition coefficient (Wildman–Crippen LogP) is 2.77. The van der Waals surface area contributed by atoms with Gasteiger partial charge in [-0.05, 0) is 18.2 Å². The third kappa shape index (κ3) is 2.16. The molecule has 4 heteroatoms. The number of methoxy groups -OCH3 is 1. The number of Topliss-reactive ketones (excluding diaryl/α,β-unsaturated/α-hetero) is 1. The number of nitrogens with zero attached hydrogens (tertiary/aromatic N) is 2. The maximum Gasteiger partial charge on any atom is 0.171 e. The third-order valence-corrected chi connectivity index (χ3v) is 3.27. The van der Waals surface area contributed by atoms with Gasteiger partial charge in [0.15, 0.2) is 5.78 Å². The second kappa shape index (κ2) is 5.17. The van der Waals surface area contributed by atoms with Gasteiger partial charge in [0.05, 0.1) is 24.4 Å². The zero-order valence-corrected chi connectivity index (χ0v) is 11.1. The highest BCUT2D eigenvalue weighted by atomic mass is 16.5. The summed E-state index contributed by atoms with van der Waals surface area (Å²) >= 11 is 0. The van der Waals surface area contributed by atoms with E-state index in [2.05, 4.69) is 5.10 Å². The molecule has 3 aromatic rings. The Morgan fingerprint density at radius 2 is 2.00 bits per heavy atom. The number of hydrogen-bond donors (Lipinski definition) is 0. The van der Waals surface area contributed by atoms with Gasteiger partial charge in [-0.3, -0.25) is 4.79 Å². The average molecular weight is 266 g/mol. The average Bonchev–Trinajstić information content (AvgIpc) is 2.92. The van der Waals surface area contributed by atoms with Crippen molar-refractivity contribution in [3.8, 4) is 5.75 Å². The first-order valence-electron chi connectivity index (χ1n) is 6.37. The van der Waals surface area contributed by atoms with Crippen molar-refractivity contribution in [3.63, 3.8) is 0 Å². The van der Waals surface area contributed by atoms with Crippen LogP contribution >= 0.6 is 0 Å². The summed E-state index contributed by atoms with van der Waals surface area (Å²) in [6, 6.07) is 13.2. The maximum absolute atomic E-state index is 12.4. The second-order valence-electron chi connectivity index (χ2n) is 4.50. The number of carbonyl (C=O) groups is 1. The number of fused-ring (bicyclic) bond motifs is 1. The van der Waals surface area contributed by atoms with E-state index in [1.807, 2.05) is 48.7 Å². The molecule has 0 aliphatic rings. The molecule has 0 saturated heterocycles. The van der Waals surface area contributed by atoms with Gasteiger partial charge < -0.3 is 4.74 Å². The minimum absolute atomic E-state index is 0.0377. The standard InChI is InChI=1S/C16H14N2O2/c1-20-16-8-3-2-6-12(16)10-15(19)13-11-17-18-9-5-4-7-14(13)18/h2-9,11H,10H2,1H3. The van der Waals surface area contributed by atoms with E-state index in [1.165, 1.54) is 0 Å². The molecule has 20 heavy (non-hydrogen) atoms. The van der Waals surface area contributed by atoms with Gasteiger partial charge in [-0.15, -0.1) is 0 Å². The van der Waals surface area contributed by atoms with E-state index in [4.69, 9.17) is 4.74 Å². The van der Waals surface area contributed by atoms with E-state index in [-0.39, 0.29) is 5.78 Å². The molecule has 0 amide bonds. The lowest BCUT2D eigenvalue weighted by Crippen LogP contribution is -2.04. The molecule has 1 aromatic carbocycles. The van der Waals surface area contributed by atoms with Crippen LogP contribution in [0.4, 0.5) is 0 Å². The van der Waals surface area contributed by atoms with Crippen molar-refractivity contribution in [3.05, 3.63) is 66.0 Å². The predicted molar refractivity (Wildman–Crippen MR) is 76.2 cm³/mol. The lowest BCUT2D eigenvalue weighted by Gasteiger charge is -2.06. The minimum atomic E-state index is 0.0377. The zero-order chi connectivity index (χ0) is 13.9. The fourth-order valence-corrected chi connectivity index (χ4v) is 2.27. The van der Waals surface area contributed by atoms with Crippen LogP contribution in [0.3, 0.4) is 0 Å². The molecule has 0 N–H and O–H groups in total. The summed E-state index contributed by atoms with van der Waals surface area (Å²) < 4.78 is 6.98. The van der Waals surface area contributed by atoms with E-state index in [9.17, 15) is 4.79 Å².